The average Bonchev–Trinajstić information content (AvgIpc) is 2.16. The zero-order chi connectivity index (χ0) is 11.8. The van der Waals surface area contributed by atoms with E-state index >= 15 is 0 Å². The van der Waals surface area contributed by atoms with E-state index in [0.29, 0.717) is 13.0 Å². The highest BCUT2D eigenvalue weighted by Crippen LogP contribution is 2.44. The van der Waals surface area contributed by atoms with Crippen molar-refractivity contribution in [2.75, 3.05) is 13.1 Å². The van der Waals surface area contributed by atoms with Gasteiger partial charge < -0.3 is 10.1 Å². The van der Waals surface area contributed by atoms with Crippen molar-refractivity contribution in [3.63, 3.8) is 0 Å². The van der Waals surface area contributed by atoms with Crippen LogP contribution in [0.3, 0.4) is 0 Å². The molecule has 1 N–H and O–H groups in total. The van der Waals surface area contributed by atoms with Gasteiger partial charge in [-0.1, -0.05) is 0 Å². The van der Waals surface area contributed by atoms with E-state index in [1.165, 1.54) is 0 Å². The Kier molecular flexibility index (Phi) is 3.18. The number of morpholine rings is 1. The van der Waals surface area contributed by atoms with Gasteiger partial charge in [-0.3, -0.25) is 0 Å². The number of hydrogen-bond donors (Lipinski definition) is 1. The summed E-state index contributed by atoms with van der Waals surface area (Å²) in [6.07, 6.45) is -2.33. The highest BCUT2D eigenvalue weighted by atomic mass is 19.4. The Hall–Kier alpha value is -0.290. The predicted molar refractivity (Wildman–Crippen MR) is 54.2 cm³/mol. The topological polar surface area (TPSA) is 21.3 Å². The fourth-order valence-electron chi connectivity index (χ4n) is 2.88. The Bertz CT molecular complexity index is 252. The smallest absolute Gasteiger partial charge is 0.369 e. The molecule has 1 saturated carbocycles. The lowest BCUT2D eigenvalue weighted by atomic mass is 9.77. The van der Waals surface area contributed by atoms with Crippen LogP contribution in [0.2, 0.25) is 0 Å². The molecule has 0 aromatic rings. The second-order valence-electron chi connectivity index (χ2n) is 5.08. The van der Waals surface area contributed by atoms with Gasteiger partial charge in [-0.2, -0.15) is 13.2 Å². The van der Waals surface area contributed by atoms with E-state index in [1.54, 1.807) is 0 Å². The second-order valence-corrected chi connectivity index (χ2v) is 5.08. The number of halogens is 3. The molecule has 0 aromatic carbocycles. The minimum atomic E-state index is -4.07. The van der Waals surface area contributed by atoms with Gasteiger partial charge in [0.2, 0.25) is 0 Å². The molecule has 3 unspecified atom stereocenters. The van der Waals surface area contributed by atoms with Gasteiger partial charge in [0.15, 0.2) is 0 Å². The Balaban J connectivity index is 2.05. The molecule has 2 fully saturated rings. The molecule has 0 amide bonds. The van der Waals surface area contributed by atoms with Crippen molar-refractivity contribution in [1.29, 1.82) is 0 Å². The minimum absolute atomic E-state index is 0.0146. The third-order valence-electron chi connectivity index (χ3n) is 3.60. The molecule has 0 radical (unpaired) electrons. The summed E-state index contributed by atoms with van der Waals surface area (Å²) >= 11 is 0. The summed E-state index contributed by atoms with van der Waals surface area (Å²) in [6, 6.07) is 0. The van der Waals surface area contributed by atoms with Crippen molar-refractivity contribution >= 4 is 0 Å². The highest BCUT2D eigenvalue weighted by molar-refractivity contribution is 4.95. The van der Waals surface area contributed by atoms with E-state index in [1.807, 2.05) is 6.92 Å². The average molecular weight is 237 g/mol. The maximum atomic E-state index is 12.7. The molecule has 94 valence electrons. The summed E-state index contributed by atoms with van der Waals surface area (Å²) in [6.45, 7) is 3.20. The van der Waals surface area contributed by atoms with Crippen LogP contribution >= 0.6 is 0 Å². The SMILES string of the molecule is CC1CNCC2(CCCC(C(F)(F)F)C2)O1. The van der Waals surface area contributed by atoms with Crippen molar-refractivity contribution in [1.82, 2.24) is 5.32 Å². The molecule has 3 atom stereocenters. The van der Waals surface area contributed by atoms with E-state index in [9.17, 15) is 13.2 Å². The molecular formula is C11H18F3NO. The van der Waals surface area contributed by atoms with E-state index in [0.717, 1.165) is 13.0 Å². The Morgan fingerprint density at radius 2 is 2.12 bits per heavy atom. The quantitative estimate of drug-likeness (QED) is 0.699. The fourth-order valence-corrected chi connectivity index (χ4v) is 2.88. The first-order valence-corrected chi connectivity index (χ1v) is 5.87. The van der Waals surface area contributed by atoms with Gasteiger partial charge in [-0.05, 0) is 32.6 Å². The molecule has 1 aliphatic heterocycles. The maximum Gasteiger partial charge on any atom is 0.391 e. The summed E-state index contributed by atoms with van der Waals surface area (Å²) < 4.78 is 43.9. The standard InChI is InChI=1S/C11H18F3NO/c1-8-6-15-7-10(16-8)4-2-3-9(5-10)11(12,13)14/h8-9,15H,2-7H2,1H3. The van der Waals surface area contributed by atoms with E-state index in [-0.39, 0.29) is 18.9 Å². The van der Waals surface area contributed by atoms with Crippen molar-refractivity contribution in [3.05, 3.63) is 0 Å². The Morgan fingerprint density at radius 1 is 1.38 bits per heavy atom. The highest BCUT2D eigenvalue weighted by Gasteiger charge is 2.49. The van der Waals surface area contributed by atoms with Crippen molar-refractivity contribution in [3.8, 4) is 0 Å². The van der Waals surface area contributed by atoms with Crippen LogP contribution in [0.25, 0.3) is 0 Å². The van der Waals surface area contributed by atoms with Crippen LogP contribution in [0.4, 0.5) is 13.2 Å². The minimum Gasteiger partial charge on any atom is -0.369 e. The number of hydrogen-bond acceptors (Lipinski definition) is 2. The van der Waals surface area contributed by atoms with Crippen LogP contribution in [0.1, 0.15) is 32.6 Å². The lowest BCUT2D eigenvalue weighted by Gasteiger charge is -2.46. The molecule has 2 nitrogen and oxygen atoms in total. The number of alkyl halides is 3. The first kappa shape index (κ1) is 12.2. The van der Waals surface area contributed by atoms with Crippen molar-refractivity contribution < 1.29 is 17.9 Å². The molecule has 2 rings (SSSR count). The molecule has 1 saturated heterocycles. The lowest BCUT2D eigenvalue weighted by Crippen LogP contribution is -2.56. The van der Waals surface area contributed by atoms with Gasteiger partial charge in [0.25, 0.3) is 0 Å². The first-order chi connectivity index (χ1) is 7.41. The molecule has 0 aromatic heterocycles. The zero-order valence-electron chi connectivity index (χ0n) is 9.44. The van der Waals surface area contributed by atoms with Crippen LogP contribution in [0.5, 0.6) is 0 Å². The van der Waals surface area contributed by atoms with Crippen molar-refractivity contribution in [2.24, 2.45) is 5.92 Å². The summed E-state index contributed by atoms with van der Waals surface area (Å²) in [5.74, 6) is -1.19. The summed E-state index contributed by atoms with van der Waals surface area (Å²) in [5.41, 5.74) is -0.573. The normalized spacial score (nSPS) is 41.2. The van der Waals surface area contributed by atoms with E-state index in [4.69, 9.17) is 4.74 Å². The second kappa shape index (κ2) is 4.18. The molecular weight excluding hydrogens is 219 g/mol. The number of nitrogens with one attached hydrogen (secondary N) is 1. The monoisotopic (exact) mass is 237 g/mol. The summed E-state index contributed by atoms with van der Waals surface area (Å²) in [4.78, 5) is 0. The third-order valence-corrected chi connectivity index (χ3v) is 3.60. The van der Waals surface area contributed by atoms with Crippen LogP contribution < -0.4 is 5.32 Å². The van der Waals surface area contributed by atoms with Gasteiger partial charge in [0.05, 0.1) is 17.6 Å². The molecule has 0 bridgehead atoms. The molecule has 1 aliphatic carbocycles. The first-order valence-electron chi connectivity index (χ1n) is 5.87. The fraction of sp³-hybridized carbons (Fsp3) is 1.00. The molecule has 16 heavy (non-hydrogen) atoms. The van der Waals surface area contributed by atoms with E-state index < -0.39 is 17.7 Å². The van der Waals surface area contributed by atoms with Gasteiger partial charge >= 0.3 is 6.18 Å². The van der Waals surface area contributed by atoms with Crippen LogP contribution in [0.15, 0.2) is 0 Å². The predicted octanol–water partition coefficient (Wildman–Crippen LogP) is 2.49. The summed E-state index contributed by atoms with van der Waals surface area (Å²) in [5, 5.41) is 3.17. The number of ether oxygens (including phenoxy) is 1. The molecule has 2 aliphatic rings. The number of rotatable bonds is 0. The van der Waals surface area contributed by atoms with E-state index in [2.05, 4.69) is 5.32 Å². The van der Waals surface area contributed by atoms with Gasteiger partial charge in [0.1, 0.15) is 0 Å². The van der Waals surface area contributed by atoms with Crippen LogP contribution in [-0.2, 0) is 4.74 Å². The zero-order valence-corrected chi connectivity index (χ0v) is 9.44. The summed E-state index contributed by atoms with van der Waals surface area (Å²) in [7, 11) is 0. The lowest BCUT2D eigenvalue weighted by molar-refractivity contribution is -0.217. The molecule has 1 heterocycles. The molecule has 1 spiro atoms. The van der Waals surface area contributed by atoms with Gasteiger partial charge in [0, 0.05) is 13.1 Å². The van der Waals surface area contributed by atoms with Gasteiger partial charge in [-0.15, -0.1) is 0 Å². The third kappa shape index (κ3) is 2.51. The van der Waals surface area contributed by atoms with Crippen LogP contribution in [0, 0.1) is 5.92 Å². The Labute approximate surface area is 93.5 Å². The van der Waals surface area contributed by atoms with Gasteiger partial charge in [-0.25, -0.2) is 0 Å². The molecule has 5 heteroatoms. The maximum absolute atomic E-state index is 12.7. The largest absolute Gasteiger partial charge is 0.391 e. The Morgan fingerprint density at radius 3 is 2.75 bits per heavy atom. The van der Waals surface area contributed by atoms with Crippen molar-refractivity contribution in [2.45, 2.75) is 50.5 Å². The van der Waals surface area contributed by atoms with Crippen LogP contribution in [-0.4, -0.2) is 31.0 Å².